The van der Waals surface area contributed by atoms with Crippen LogP contribution < -0.4 is 11.1 Å². The number of amides is 1. The van der Waals surface area contributed by atoms with Crippen LogP contribution in [0.3, 0.4) is 0 Å². The van der Waals surface area contributed by atoms with Crippen molar-refractivity contribution in [3.05, 3.63) is 0 Å². The Morgan fingerprint density at radius 2 is 1.86 bits per heavy atom. The maximum atomic E-state index is 11.9. The van der Waals surface area contributed by atoms with E-state index < -0.39 is 5.54 Å². The summed E-state index contributed by atoms with van der Waals surface area (Å²) in [5, 5.41) is 3.49. The van der Waals surface area contributed by atoms with E-state index >= 15 is 0 Å². The third kappa shape index (κ3) is 3.42. The van der Waals surface area contributed by atoms with E-state index in [1.807, 2.05) is 0 Å². The Bertz CT molecular complexity index is 396. The Morgan fingerprint density at radius 3 is 2.48 bits per heavy atom. The van der Waals surface area contributed by atoms with E-state index in [-0.39, 0.29) is 12.0 Å². The van der Waals surface area contributed by atoms with Crippen molar-refractivity contribution in [1.29, 1.82) is 0 Å². The van der Waals surface area contributed by atoms with Crippen LogP contribution in [0.15, 0.2) is 0 Å². The van der Waals surface area contributed by atoms with Gasteiger partial charge in [0.05, 0.1) is 12.2 Å². The molecule has 0 radical (unpaired) electrons. The molecule has 3 aliphatic rings. The van der Waals surface area contributed by atoms with Gasteiger partial charge in [0.15, 0.2) is 0 Å². The highest BCUT2D eigenvalue weighted by Crippen LogP contribution is 2.38. The lowest BCUT2D eigenvalue weighted by Gasteiger charge is -2.34. The van der Waals surface area contributed by atoms with Crippen molar-refractivity contribution in [3.63, 3.8) is 0 Å². The molecule has 5 unspecified atom stereocenters. The minimum atomic E-state index is -0.501. The van der Waals surface area contributed by atoms with Crippen LogP contribution in [0.25, 0.3) is 0 Å². The van der Waals surface area contributed by atoms with E-state index in [1.54, 1.807) is 0 Å². The standard InChI is InChI=1S/C17H30N2O2/c1-11-3-6-14(9-12(11)2)21-15-7-8-17(10-15,16(18)20)19-13-4-5-13/h11-15,19H,3-10H2,1-2H3,(H2,18,20). The van der Waals surface area contributed by atoms with Crippen LogP contribution in [0.4, 0.5) is 0 Å². The van der Waals surface area contributed by atoms with Crippen molar-refractivity contribution in [2.24, 2.45) is 17.6 Å². The van der Waals surface area contributed by atoms with Crippen LogP contribution >= 0.6 is 0 Å². The molecule has 120 valence electrons. The first kappa shape index (κ1) is 15.3. The number of primary amides is 1. The molecular weight excluding hydrogens is 264 g/mol. The van der Waals surface area contributed by atoms with Crippen molar-refractivity contribution in [1.82, 2.24) is 5.32 Å². The summed E-state index contributed by atoms with van der Waals surface area (Å²) in [6, 6.07) is 0.506. The van der Waals surface area contributed by atoms with Crippen molar-refractivity contribution in [3.8, 4) is 0 Å². The minimum Gasteiger partial charge on any atom is -0.375 e. The number of carbonyl (C=O) groups excluding carboxylic acids is 1. The summed E-state index contributed by atoms with van der Waals surface area (Å²) in [6.07, 6.45) is 9.10. The van der Waals surface area contributed by atoms with Crippen molar-refractivity contribution in [2.75, 3.05) is 0 Å². The second-order valence-electron chi connectivity index (χ2n) is 7.76. The first-order valence-electron chi connectivity index (χ1n) is 8.71. The molecule has 21 heavy (non-hydrogen) atoms. The first-order valence-corrected chi connectivity index (χ1v) is 8.71. The fraction of sp³-hybridized carbons (Fsp3) is 0.941. The number of carbonyl (C=O) groups is 1. The molecule has 0 spiro atoms. The third-order valence-corrected chi connectivity index (χ3v) is 5.93. The van der Waals surface area contributed by atoms with Gasteiger partial charge in [0.25, 0.3) is 0 Å². The maximum Gasteiger partial charge on any atom is 0.237 e. The van der Waals surface area contributed by atoms with Crippen LogP contribution in [-0.4, -0.2) is 29.7 Å². The first-order chi connectivity index (χ1) is 9.98. The van der Waals surface area contributed by atoms with Crippen LogP contribution in [0.1, 0.15) is 65.2 Å². The largest absolute Gasteiger partial charge is 0.375 e. The van der Waals surface area contributed by atoms with E-state index in [9.17, 15) is 4.79 Å². The zero-order chi connectivity index (χ0) is 15.0. The Hall–Kier alpha value is -0.610. The molecule has 3 rings (SSSR count). The number of nitrogens with one attached hydrogen (secondary N) is 1. The average molecular weight is 294 g/mol. The van der Waals surface area contributed by atoms with Gasteiger partial charge in [-0.05, 0) is 56.8 Å². The summed E-state index contributed by atoms with van der Waals surface area (Å²) in [7, 11) is 0. The van der Waals surface area contributed by atoms with Gasteiger partial charge in [-0.15, -0.1) is 0 Å². The van der Waals surface area contributed by atoms with Gasteiger partial charge in [0.2, 0.25) is 5.91 Å². The molecular formula is C17H30N2O2. The molecule has 1 amide bonds. The van der Waals surface area contributed by atoms with Crippen LogP contribution in [0.2, 0.25) is 0 Å². The average Bonchev–Trinajstić information content (AvgIpc) is 3.14. The van der Waals surface area contributed by atoms with E-state index in [4.69, 9.17) is 10.5 Å². The van der Waals surface area contributed by atoms with Gasteiger partial charge in [-0.25, -0.2) is 0 Å². The zero-order valence-corrected chi connectivity index (χ0v) is 13.4. The second kappa shape index (κ2) is 5.88. The third-order valence-electron chi connectivity index (χ3n) is 5.93. The summed E-state index contributed by atoms with van der Waals surface area (Å²) < 4.78 is 6.33. The molecule has 3 fully saturated rings. The van der Waals surface area contributed by atoms with E-state index in [2.05, 4.69) is 19.2 Å². The molecule has 0 heterocycles. The number of ether oxygens (including phenoxy) is 1. The minimum absolute atomic E-state index is 0.189. The number of rotatable bonds is 5. The molecule has 0 aliphatic heterocycles. The van der Waals surface area contributed by atoms with Crippen molar-refractivity contribution < 1.29 is 9.53 Å². The molecule has 3 saturated carbocycles. The van der Waals surface area contributed by atoms with Gasteiger partial charge in [-0.2, -0.15) is 0 Å². The lowest BCUT2D eigenvalue weighted by molar-refractivity contribution is -0.125. The van der Waals surface area contributed by atoms with Crippen molar-refractivity contribution in [2.45, 2.75) is 89.0 Å². The van der Waals surface area contributed by atoms with Crippen LogP contribution in [-0.2, 0) is 9.53 Å². The summed E-state index contributed by atoms with van der Waals surface area (Å²) in [4.78, 5) is 11.9. The fourth-order valence-electron chi connectivity index (χ4n) is 4.05. The highest BCUT2D eigenvalue weighted by molar-refractivity contribution is 5.85. The molecule has 3 aliphatic carbocycles. The predicted molar refractivity (Wildman–Crippen MR) is 82.8 cm³/mol. The number of hydrogen-bond acceptors (Lipinski definition) is 3. The predicted octanol–water partition coefficient (Wildman–Crippen LogP) is 2.36. The molecule has 3 N–H and O–H groups in total. The Balaban J connectivity index is 1.54. The van der Waals surface area contributed by atoms with Gasteiger partial charge >= 0.3 is 0 Å². The quantitative estimate of drug-likeness (QED) is 0.818. The normalized spacial score (nSPS) is 43.9. The Kier molecular flexibility index (Phi) is 4.28. The second-order valence-corrected chi connectivity index (χ2v) is 7.76. The number of nitrogens with two attached hydrogens (primary N) is 1. The van der Waals surface area contributed by atoms with Gasteiger partial charge in [-0.1, -0.05) is 13.8 Å². The van der Waals surface area contributed by atoms with Gasteiger partial charge in [0, 0.05) is 12.5 Å². The molecule has 0 aromatic heterocycles. The Labute approximate surface area is 128 Å². The fourth-order valence-corrected chi connectivity index (χ4v) is 4.05. The molecule has 0 saturated heterocycles. The monoisotopic (exact) mass is 294 g/mol. The SMILES string of the molecule is CC1CCC(OC2CCC(NC3CC3)(C(N)=O)C2)CC1C. The topological polar surface area (TPSA) is 64.3 Å². The van der Waals surface area contributed by atoms with Gasteiger partial charge < -0.3 is 15.8 Å². The number of hydrogen-bond donors (Lipinski definition) is 2. The highest BCUT2D eigenvalue weighted by Gasteiger charge is 2.47. The molecule has 5 atom stereocenters. The van der Waals surface area contributed by atoms with Gasteiger partial charge in [0.1, 0.15) is 5.54 Å². The van der Waals surface area contributed by atoms with Gasteiger partial charge in [-0.3, -0.25) is 4.79 Å². The Morgan fingerprint density at radius 1 is 1.10 bits per heavy atom. The highest BCUT2D eigenvalue weighted by atomic mass is 16.5. The maximum absolute atomic E-state index is 11.9. The van der Waals surface area contributed by atoms with Crippen LogP contribution in [0, 0.1) is 11.8 Å². The van der Waals surface area contributed by atoms with E-state index in [1.165, 1.54) is 25.7 Å². The lowest BCUT2D eigenvalue weighted by atomic mass is 9.80. The summed E-state index contributed by atoms with van der Waals surface area (Å²) >= 11 is 0. The molecule has 0 aromatic rings. The smallest absolute Gasteiger partial charge is 0.237 e. The molecule has 4 nitrogen and oxygen atoms in total. The molecule has 0 bridgehead atoms. The van der Waals surface area contributed by atoms with Crippen molar-refractivity contribution >= 4 is 5.91 Å². The summed E-state index contributed by atoms with van der Waals surface area (Å²) in [5.74, 6) is 1.37. The van der Waals surface area contributed by atoms with Crippen LogP contribution in [0.5, 0.6) is 0 Å². The molecule has 4 heteroatoms. The molecule has 0 aromatic carbocycles. The lowest BCUT2D eigenvalue weighted by Crippen LogP contribution is -2.55. The zero-order valence-electron chi connectivity index (χ0n) is 13.4. The summed E-state index contributed by atoms with van der Waals surface area (Å²) in [5.41, 5.74) is 5.19. The summed E-state index contributed by atoms with van der Waals surface area (Å²) in [6.45, 7) is 4.67. The van der Waals surface area contributed by atoms with E-state index in [0.717, 1.165) is 37.5 Å². The van der Waals surface area contributed by atoms with E-state index in [0.29, 0.717) is 12.1 Å².